The van der Waals surface area contributed by atoms with Gasteiger partial charge in [0, 0.05) is 28.1 Å². The van der Waals surface area contributed by atoms with Gasteiger partial charge in [-0.25, -0.2) is 0 Å². The minimum Gasteiger partial charge on any atom is -0.351 e. The topological polar surface area (TPSA) is 59.8 Å². The number of thioether (sulfide) groups is 1. The molecule has 0 aliphatic rings. The van der Waals surface area contributed by atoms with Gasteiger partial charge < -0.3 is 9.88 Å². The van der Waals surface area contributed by atoms with Crippen molar-refractivity contribution in [2.75, 3.05) is 5.75 Å². The van der Waals surface area contributed by atoms with Crippen molar-refractivity contribution in [3.63, 3.8) is 0 Å². The number of carbonyl (C=O) groups excluding carboxylic acids is 1. The van der Waals surface area contributed by atoms with E-state index in [1.807, 2.05) is 60.0 Å². The van der Waals surface area contributed by atoms with Crippen LogP contribution in [0.5, 0.6) is 0 Å². The molecule has 3 rings (SSSR count). The van der Waals surface area contributed by atoms with Gasteiger partial charge in [0.1, 0.15) is 0 Å². The van der Waals surface area contributed by atoms with Crippen LogP contribution in [0, 0.1) is 0 Å². The van der Waals surface area contributed by atoms with Crippen molar-refractivity contribution in [2.24, 2.45) is 0 Å². The Bertz CT molecular complexity index is 912. The fraction of sp³-hybridized carbons (Fsp3) is 0.211. The number of hydrogen-bond donors (Lipinski definition) is 1. The van der Waals surface area contributed by atoms with E-state index >= 15 is 0 Å². The summed E-state index contributed by atoms with van der Waals surface area (Å²) >= 11 is 10.7. The van der Waals surface area contributed by atoms with Crippen molar-refractivity contribution in [3.8, 4) is 11.4 Å². The Morgan fingerprint density at radius 2 is 1.85 bits per heavy atom. The second-order valence-corrected chi connectivity index (χ2v) is 8.04. The molecule has 1 amide bonds. The van der Waals surface area contributed by atoms with Gasteiger partial charge in [-0.2, -0.15) is 0 Å². The molecule has 0 spiro atoms. The number of carbonyl (C=O) groups is 1. The van der Waals surface area contributed by atoms with E-state index in [4.69, 9.17) is 11.6 Å². The largest absolute Gasteiger partial charge is 0.351 e. The smallest absolute Gasteiger partial charge is 0.230 e. The van der Waals surface area contributed by atoms with Gasteiger partial charge >= 0.3 is 0 Å². The lowest BCUT2D eigenvalue weighted by Gasteiger charge is -2.08. The van der Waals surface area contributed by atoms with Gasteiger partial charge in [0.15, 0.2) is 11.0 Å². The van der Waals surface area contributed by atoms with Crippen molar-refractivity contribution in [1.29, 1.82) is 0 Å². The van der Waals surface area contributed by atoms with E-state index in [2.05, 4.69) is 31.4 Å². The summed E-state index contributed by atoms with van der Waals surface area (Å²) < 4.78 is 3.03. The number of halogens is 2. The molecule has 140 valence electrons. The minimum absolute atomic E-state index is 0.0502. The monoisotopic (exact) mass is 464 g/mol. The number of aromatic nitrogens is 3. The number of nitrogens with one attached hydrogen (secondary N) is 1. The van der Waals surface area contributed by atoms with E-state index in [1.54, 1.807) is 0 Å². The zero-order valence-corrected chi connectivity index (χ0v) is 17.8. The van der Waals surface area contributed by atoms with Crippen molar-refractivity contribution in [1.82, 2.24) is 20.1 Å². The zero-order chi connectivity index (χ0) is 19.2. The van der Waals surface area contributed by atoms with Crippen LogP contribution in [-0.2, 0) is 17.9 Å². The molecule has 0 radical (unpaired) electrons. The number of rotatable bonds is 7. The van der Waals surface area contributed by atoms with Crippen LogP contribution < -0.4 is 5.32 Å². The number of hydrogen-bond acceptors (Lipinski definition) is 4. The molecule has 0 saturated heterocycles. The fourth-order valence-electron chi connectivity index (χ4n) is 2.48. The first kappa shape index (κ1) is 19.9. The molecule has 0 fully saturated rings. The van der Waals surface area contributed by atoms with Crippen LogP contribution in [0.3, 0.4) is 0 Å². The van der Waals surface area contributed by atoms with E-state index in [1.165, 1.54) is 11.8 Å². The second-order valence-electron chi connectivity index (χ2n) is 5.75. The maximum absolute atomic E-state index is 12.1. The highest BCUT2D eigenvalue weighted by molar-refractivity contribution is 9.10. The van der Waals surface area contributed by atoms with Crippen molar-refractivity contribution in [2.45, 2.75) is 25.2 Å². The van der Waals surface area contributed by atoms with E-state index in [9.17, 15) is 4.79 Å². The van der Waals surface area contributed by atoms with Crippen LogP contribution >= 0.6 is 39.3 Å². The summed E-state index contributed by atoms with van der Waals surface area (Å²) in [5, 5.41) is 12.9. The molecule has 8 heteroatoms. The molecule has 0 aliphatic carbocycles. The molecule has 3 aromatic rings. The van der Waals surface area contributed by atoms with Crippen molar-refractivity contribution < 1.29 is 4.79 Å². The molecule has 0 aliphatic heterocycles. The highest BCUT2D eigenvalue weighted by atomic mass is 79.9. The summed E-state index contributed by atoms with van der Waals surface area (Å²) in [6, 6.07) is 15.3. The molecule has 1 N–H and O–H groups in total. The summed E-state index contributed by atoms with van der Waals surface area (Å²) in [6.45, 7) is 3.24. The molecule has 27 heavy (non-hydrogen) atoms. The Hall–Kier alpha value is -1.83. The summed E-state index contributed by atoms with van der Waals surface area (Å²) in [4.78, 5) is 12.1. The van der Waals surface area contributed by atoms with Crippen LogP contribution in [0.2, 0.25) is 5.02 Å². The van der Waals surface area contributed by atoms with Gasteiger partial charge in [0.25, 0.3) is 0 Å². The normalized spacial score (nSPS) is 10.8. The number of amides is 1. The lowest BCUT2D eigenvalue weighted by atomic mass is 10.2. The fourth-order valence-corrected chi connectivity index (χ4v) is 3.70. The Kier molecular flexibility index (Phi) is 6.93. The molecular formula is C19H18BrClN4OS. The molecule has 2 aromatic carbocycles. The number of nitrogens with zero attached hydrogens (tertiary/aromatic N) is 3. The standard InChI is InChI=1S/C19H18BrClN4OS/c1-2-25-18(14-5-7-15(20)8-6-14)23-24-19(25)27-12-17(26)22-11-13-3-9-16(21)10-4-13/h3-10H,2,11-12H2,1H3,(H,22,26). The zero-order valence-electron chi connectivity index (χ0n) is 14.7. The Balaban J connectivity index is 1.59. The third-order valence-corrected chi connectivity index (χ3v) is 5.62. The van der Waals surface area contributed by atoms with Crippen LogP contribution in [-0.4, -0.2) is 26.4 Å². The second kappa shape index (κ2) is 9.39. The summed E-state index contributed by atoms with van der Waals surface area (Å²) in [5.41, 5.74) is 2.00. The molecule has 0 atom stereocenters. The summed E-state index contributed by atoms with van der Waals surface area (Å²) in [7, 11) is 0. The van der Waals surface area contributed by atoms with Crippen LogP contribution in [0.1, 0.15) is 12.5 Å². The lowest BCUT2D eigenvalue weighted by Crippen LogP contribution is -2.24. The molecule has 0 bridgehead atoms. The molecule has 0 saturated carbocycles. The van der Waals surface area contributed by atoms with Crippen LogP contribution in [0.25, 0.3) is 11.4 Å². The van der Waals surface area contributed by atoms with Gasteiger partial charge in [0.2, 0.25) is 5.91 Å². The Morgan fingerprint density at radius 1 is 1.15 bits per heavy atom. The Labute approximate surface area is 175 Å². The number of benzene rings is 2. The minimum atomic E-state index is -0.0502. The van der Waals surface area contributed by atoms with Gasteiger partial charge in [-0.15, -0.1) is 10.2 Å². The lowest BCUT2D eigenvalue weighted by molar-refractivity contribution is -0.118. The molecule has 1 heterocycles. The average molecular weight is 466 g/mol. The SMILES string of the molecule is CCn1c(SCC(=O)NCc2ccc(Cl)cc2)nnc1-c1ccc(Br)cc1. The van der Waals surface area contributed by atoms with Crippen molar-refractivity contribution >= 4 is 45.2 Å². The first-order valence-corrected chi connectivity index (χ1v) is 10.6. The molecular weight excluding hydrogens is 448 g/mol. The average Bonchev–Trinajstić information content (AvgIpc) is 3.09. The molecule has 5 nitrogen and oxygen atoms in total. The first-order valence-electron chi connectivity index (χ1n) is 8.40. The third kappa shape index (κ3) is 5.34. The van der Waals surface area contributed by atoms with E-state index in [-0.39, 0.29) is 11.7 Å². The maximum Gasteiger partial charge on any atom is 0.230 e. The maximum atomic E-state index is 12.1. The van der Waals surface area contributed by atoms with Crippen LogP contribution in [0.4, 0.5) is 0 Å². The van der Waals surface area contributed by atoms with Crippen molar-refractivity contribution in [3.05, 3.63) is 63.6 Å². The highest BCUT2D eigenvalue weighted by Gasteiger charge is 2.14. The van der Waals surface area contributed by atoms with Crippen LogP contribution in [0.15, 0.2) is 58.2 Å². The third-order valence-electron chi connectivity index (χ3n) is 3.87. The Morgan fingerprint density at radius 3 is 2.52 bits per heavy atom. The van der Waals surface area contributed by atoms with Gasteiger partial charge in [0.05, 0.1) is 5.75 Å². The van der Waals surface area contributed by atoms with Gasteiger partial charge in [-0.3, -0.25) is 4.79 Å². The molecule has 0 unspecified atom stereocenters. The predicted molar refractivity (Wildman–Crippen MR) is 113 cm³/mol. The van der Waals surface area contributed by atoms with E-state index < -0.39 is 0 Å². The predicted octanol–water partition coefficient (Wildman–Crippen LogP) is 4.79. The summed E-state index contributed by atoms with van der Waals surface area (Å²) in [6.07, 6.45) is 0. The highest BCUT2D eigenvalue weighted by Crippen LogP contribution is 2.25. The summed E-state index contributed by atoms with van der Waals surface area (Å²) in [5.74, 6) is 1.03. The quantitative estimate of drug-likeness (QED) is 0.510. The van der Waals surface area contributed by atoms with Gasteiger partial charge in [-0.05, 0) is 36.8 Å². The van der Waals surface area contributed by atoms with E-state index in [0.717, 1.165) is 33.1 Å². The molecule has 1 aromatic heterocycles. The first-order chi connectivity index (χ1) is 13.1. The van der Waals surface area contributed by atoms with Gasteiger partial charge in [-0.1, -0.05) is 63.6 Å². The van der Waals surface area contributed by atoms with E-state index in [0.29, 0.717) is 11.6 Å².